The molecule has 0 radical (unpaired) electrons. The van der Waals surface area contributed by atoms with Gasteiger partial charge in [-0.2, -0.15) is 0 Å². The summed E-state index contributed by atoms with van der Waals surface area (Å²) in [5.41, 5.74) is -0.861. The van der Waals surface area contributed by atoms with Crippen LogP contribution in [-0.2, 0) is 0 Å². The highest BCUT2D eigenvalue weighted by Gasteiger charge is 2.28. The Hall–Kier alpha value is -2.11. The van der Waals surface area contributed by atoms with Gasteiger partial charge in [-0.25, -0.2) is 14.0 Å². The Morgan fingerprint density at radius 1 is 1.24 bits per heavy atom. The molecule has 0 spiro atoms. The van der Waals surface area contributed by atoms with Crippen LogP contribution in [0.2, 0.25) is 0 Å². The van der Waals surface area contributed by atoms with Crippen molar-refractivity contribution in [2.75, 3.05) is 5.32 Å². The van der Waals surface area contributed by atoms with Gasteiger partial charge in [-0.1, -0.05) is 25.3 Å². The molecule has 0 bridgehead atoms. The molecule has 114 valence electrons. The van der Waals surface area contributed by atoms with Crippen molar-refractivity contribution in [2.24, 2.45) is 0 Å². The van der Waals surface area contributed by atoms with Crippen molar-refractivity contribution in [3.8, 4) is 0 Å². The predicted molar refractivity (Wildman–Crippen MR) is 77.0 cm³/mol. The molecule has 1 aliphatic carbocycles. The third-order valence-electron chi connectivity index (χ3n) is 3.85. The number of carbonyl (C=O) groups is 2. The van der Waals surface area contributed by atoms with E-state index in [-0.39, 0.29) is 11.2 Å². The summed E-state index contributed by atoms with van der Waals surface area (Å²) in [5.74, 6) is -2.28. The summed E-state index contributed by atoms with van der Waals surface area (Å²) < 4.78 is 13.5. The number of hydrogen-bond donors (Lipinski definition) is 3. The average Bonchev–Trinajstić information content (AvgIpc) is 2.38. The lowest BCUT2D eigenvalue weighted by atomic mass is 9.83. The fourth-order valence-corrected chi connectivity index (χ4v) is 2.73. The largest absolute Gasteiger partial charge is 0.478 e. The quantitative estimate of drug-likeness (QED) is 0.799. The Bertz CT molecular complexity index is 554. The first-order chi connectivity index (χ1) is 9.91. The fourth-order valence-electron chi connectivity index (χ4n) is 2.73. The minimum Gasteiger partial charge on any atom is -0.478 e. The van der Waals surface area contributed by atoms with Gasteiger partial charge in [-0.15, -0.1) is 0 Å². The Labute approximate surface area is 122 Å². The minimum absolute atomic E-state index is 0.0422. The zero-order valence-corrected chi connectivity index (χ0v) is 11.9. The van der Waals surface area contributed by atoms with Crippen LogP contribution >= 0.6 is 0 Å². The summed E-state index contributed by atoms with van der Waals surface area (Å²) >= 11 is 0. The molecule has 0 saturated heterocycles. The number of carbonyl (C=O) groups excluding carboxylic acids is 1. The third kappa shape index (κ3) is 3.71. The zero-order valence-electron chi connectivity index (χ0n) is 11.9. The molecule has 3 N–H and O–H groups in total. The molecule has 2 amide bonds. The first-order valence-electron chi connectivity index (χ1n) is 7.02. The van der Waals surface area contributed by atoms with Crippen LogP contribution in [0.5, 0.6) is 0 Å². The van der Waals surface area contributed by atoms with Gasteiger partial charge < -0.3 is 15.7 Å². The summed E-state index contributed by atoms with van der Waals surface area (Å²) in [7, 11) is 0. The van der Waals surface area contributed by atoms with Crippen molar-refractivity contribution in [2.45, 2.75) is 44.6 Å². The van der Waals surface area contributed by atoms with Crippen LogP contribution in [0.1, 0.15) is 49.4 Å². The number of aromatic carboxylic acids is 1. The van der Waals surface area contributed by atoms with E-state index in [1.165, 1.54) is 12.1 Å². The lowest BCUT2D eigenvalue weighted by molar-refractivity contribution is 0.0693. The highest BCUT2D eigenvalue weighted by molar-refractivity contribution is 6.00. The number of benzene rings is 1. The van der Waals surface area contributed by atoms with Gasteiger partial charge in [-0.05, 0) is 31.9 Å². The van der Waals surface area contributed by atoms with Gasteiger partial charge in [-0.3, -0.25) is 0 Å². The number of anilines is 1. The zero-order chi connectivity index (χ0) is 15.5. The van der Waals surface area contributed by atoms with Crippen molar-refractivity contribution in [1.29, 1.82) is 0 Å². The smallest absolute Gasteiger partial charge is 0.340 e. The van der Waals surface area contributed by atoms with Gasteiger partial charge in [0.1, 0.15) is 11.4 Å². The standard InChI is InChI=1S/C15H19FN2O3/c1-15(8-3-2-4-9-15)18-14(21)17-11-7-5-6-10(16)12(11)13(19)20/h5-7H,2-4,8-9H2,1H3,(H,19,20)(H2,17,18,21). The second-order valence-electron chi connectivity index (χ2n) is 5.67. The summed E-state index contributed by atoms with van der Waals surface area (Å²) in [6, 6.07) is 3.27. The van der Waals surface area contributed by atoms with E-state index >= 15 is 0 Å². The van der Waals surface area contributed by atoms with Gasteiger partial charge in [0.05, 0.1) is 5.69 Å². The maximum absolute atomic E-state index is 13.5. The van der Waals surface area contributed by atoms with Crippen LogP contribution < -0.4 is 10.6 Å². The van der Waals surface area contributed by atoms with Gasteiger partial charge in [0.25, 0.3) is 0 Å². The monoisotopic (exact) mass is 294 g/mol. The molecular weight excluding hydrogens is 275 g/mol. The van der Waals surface area contributed by atoms with Crippen molar-refractivity contribution < 1.29 is 19.1 Å². The van der Waals surface area contributed by atoms with E-state index in [1.54, 1.807) is 0 Å². The Morgan fingerprint density at radius 3 is 2.52 bits per heavy atom. The molecule has 1 fully saturated rings. The van der Waals surface area contributed by atoms with Crippen molar-refractivity contribution in [1.82, 2.24) is 5.32 Å². The topological polar surface area (TPSA) is 78.4 Å². The highest BCUT2D eigenvalue weighted by Crippen LogP contribution is 2.27. The number of hydrogen-bond acceptors (Lipinski definition) is 2. The second kappa shape index (κ2) is 6.11. The molecule has 0 heterocycles. The summed E-state index contributed by atoms with van der Waals surface area (Å²) in [6.07, 6.45) is 5.03. The van der Waals surface area contributed by atoms with E-state index in [9.17, 15) is 14.0 Å². The van der Waals surface area contributed by atoms with E-state index in [2.05, 4.69) is 10.6 Å². The van der Waals surface area contributed by atoms with Gasteiger partial charge in [0.2, 0.25) is 0 Å². The van der Waals surface area contributed by atoms with Gasteiger partial charge in [0, 0.05) is 5.54 Å². The van der Waals surface area contributed by atoms with Crippen LogP contribution in [0.4, 0.5) is 14.9 Å². The number of nitrogens with one attached hydrogen (secondary N) is 2. The summed E-state index contributed by atoms with van der Waals surface area (Å²) in [5, 5.41) is 14.3. The minimum atomic E-state index is -1.41. The Morgan fingerprint density at radius 2 is 1.90 bits per heavy atom. The van der Waals surface area contributed by atoms with Crippen molar-refractivity contribution >= 4 is 17.7 Å². The van der Waals surface area contributed by atoms with Gasteiger partial charge in [0.15, 0.2) is 0 Å². The fraction of sp³-hybridized carbons (Fsp3) is 0.467. The Kier molecular flexibility index (Phi) is 4.45. The number of rotatable bonds is 3. The van der Waals surface area contributed by atoms with Crippen LogP contribution in [0, 0.1) is 5.82 Å². The van der Waals surface area contributed by atoms with Crippen LogP contribution in [0.15, 0.2) is 18.2 Å². The summed E-state index contributed by atoms with van der Waals surface area (Å²) in [6.45, 7) is 1.97. The van der Waals surface area contributed by atoms with E-state index in [1.807, 2.05) is 6.92 Å². The third-order valence-corrected chi connectivity index (χ3v) is 3.85. The van der Waals surface area contributed by atoms with Crippen LogP contribution in [0.3, 0.4) is 0 Å². The van der Waals surface area contributed by atoms with Crippen LogP contribution in [-0.4, -0.2) is 22.6 Å². The van der Waals surface area contributed by atoms with E-state index in [4.69, 9.17) is 5.11 Å². The molecule has 5 nitrogen and oxygen atoms in total. The SMILES string of the molecule is CC1(NC(=O)Nc2cccc(F)c2C(=O)O)CCCCC1. The summed E-state index contributed by atoms with van der Waals surface area (Å²) in [4.78, 5) is 23.1. The number of carboxylic acid groups (broad SMARTS) is 1. The second-order valence-corrected chi connectivity index (χ2v) is 5.67. The predicted octanol–water partition coefficient (Wildman–Crippen LogP) is 3.37. The molecule has 2 rings (SSSR count). The normalized spacial score (nSPS) is 17.0. The molecule has 0 aliphatic heterocycles. The first kappa shape index (κ1) is 15.3. The highest BCUT2D eigenvalue weighted by atomic mass is 19.1. The number of urea groups is 1. The molecule has 6 heteroatoms. The maximum atomic E-state index is 13.5. The number of amides is 2. The van der Waals surface area contributed by atoms with E-state index in [0.29, 0.717) is 0 Å². The molecule has 0 unspecified atom stereocenters. The molecule has 1 saturated carbocycles. The number of carboxylic acids is 1. The lowest BCUT2D eigenvalue weighted by Crippen LogP contribution is -2.49. The molecule has 0 aromatic heterocycles. The first-order valence-corrected chi connectivity index (χ1v) is 7.02. The average molecular weight is 294 g/mol. The molecule has 1 aliphatic rings. The van der Waals surface area contributed by atoms with Gasteiger partial charge >= 0.3 is 12.0 Å². The molecule has 0 atom stereocenters. The Balaban J connectivity index is 2.09. The molecule has 1 aromatic carbocycles. The molecule has 1 aromatic rings. The van der Waals surface area contributed by atoms with Crippen LogP contribution in [0.25, 0.3) is 0 Å². The van der Waals surface area contributed by atoms with Crippen molar-refractivity contribution in [3.63, 3.8) is 0 Å². The lowest BCUT2D eigenvalue weighted by Gasteiger charge is -2.34. The maximum Gasteiger partial charge on any atom is 0.340 e. The molecular formula is C15H19FN2O3. The van der Waals surface area contributed by atoms with Crippen molar-refractivity contribution in [3.05, 3.63) is 29.6 Å². The van der Waals surface area contributed by atoms with E-state index < -0.39 is 23.4 Å². The van der Waals surface area contributed by atoms with E-state index in [0.717, 1.165) is 38.2 Å². The molecule has 21 heavy (non-hydrogen) atoms. The number of halogens is 1.